The van der Waals surface area contributed by atoms with Crippen LogP contribution in [0.3, 0.4) is 0 Å². The van der Waals surface area contributed by atoms with Crippen LogP contribution in [-0.2, 0) is 9.59 Å². The van der Waals surface area contributed by atoms with Gasteiger partial charge in [-0.1, -0.05) is 20.8 Å². The van der Waals surface area contributed by atoms with E-state index in [0.717, 1.165) is 11.3 Å². The molecule has 0 aliphatic rings. The lowest BCUT2D eigenvalue weighted by Crippen LogP contribution is -2.50. The molecule has 18 heavy (non-hydrogen) atoms. The van der Waals surface area contributed by atoms with Crippen LogP contribution in [0.1, 0.15) is 27.2 Å². The Balaban J connectivity index is 4.63. The number of nitrogens with zero attached hydrogens (tertiary/aromatic N) is 1. The summed E-state index contributed by atoms with van der Waals surface area (Å²) in [6, 6.07) is -0.654. The molecular formula is C11H21N3O4. The van der Waals surface area contributed by atoms with Crippen LogP contribution in [0, 0.1) is 5.92 Å². The maximum atomic E-state index is 11.8. The third-order valence-corrected chi connectivity index (χ3v) is 2.51. The summed E-state index contributed by atoms with van der Waals surface area (Å²) in [6.07, 6.45) is 0.723. The Hall–Kier alpha value is -1.79. The van der Waals surface area contributed by atoms with E-state index in [-0.39, 0.29) is 12.0 Å². The molecular weight excluding hydrogens is 238 g/mol. The van der Waals surface area contributed by atoms with E-state index in [4.69, 9.17) is 10.8 Å². The van der Waals surface area contributed by atoms with E-state index in [1.54, 1.807) is 0 Å². The fraction of sp³-hybridized carbons (Fsp3) is 0.727. The van der Waals surface area contributed by atoms with Crippen molar-refractivity contribution < 1.29 is 19.5 Å². The van der Waals surface area contributed by atoms with Gasteiger partial charge in [0.1, 0.15) is 13.1 Å². The quantitative estimate of drug-likeness (QED) is 0.597. The topological polar surface area (TPSA) is 113 Å². The van der Waals surface area contributed by atoms with E-state index in [0.29, 0.717) is 0 Å². The summed E-state index contributed by atoms with van der Waals surface area (Å²) in [5, 5.41) is 11.4. The highest BCUT2D eigenvalue weighted by Gasteiger charge is 2.22. The predicted octanol–water partition coefficient (Wildman–Crippen LogP) is 0.00250. The SMILES string of the molecule is CCC(NC(=O)N(CC(N)=O)CC(=O)O)C(C)C. The monoisotopic (exact) mass is 259 g/mol. The number of carbonyl (C=O) groups is 3. The highest BCUT2D eigenvalue weighted by molar-refractivity contribution is 5.86. The van der Waals surface area contributed by atoms with Crippen molar-refractivity contribution in [3.8, 4) is 0 Å². The van der Waals surface area contributed by atoms with Gasteiger partial charge in [0.05, 0.1) is 0 Å². The largest absolute Gasteiger partial charge is 0.480 e. The van der Waals surface area contributed by atoms with Gasteiger partial charge in [-0.3, -0.25) is 9.59 Å². The van der Waals surface area contributed by atoms with Gasteiger partial charge in [-0.2, -0.15) is 0 Å². The van der Waals surface area contributed by atoms with Crippen LogP contribution in [0.2, 0.25) is 0 Å². The molecule has 0 saturated carbocycles. The number of carboxylic acids is 1. The van der Waals surface area contributed by atoms with Gasteiger partial charge in [-0.05, 0) is 12.3 Å². The van der Waals surface area contributed by atoms with Crippen LogP contribution in [0.15, 0.2) is 0 Å². The predicted molar refractivity (Wildman–Crippen MR) is 65.9 cm³/mol. The zero-order valence-corrected chi connectivity index (χ0v) is 11.0. The molecule has 0 radical (unpaired) electrons. The number of amides is 3. The van der Waals surface area contributed by atoms with Crippen LogP contribution in [0.5, 0.6) is 0 Å². The van der Waals surface area contributed by atoms with Gasteiger partial charge in [-0.15, -0.1) is 0 Å². The van der Waals surface area contributed by atoms with Crippen molar-refractivity contribution in [1.29, 1.82) is 0 Å². The molecule has 7 heteroatoms. The summed E-state index contributed by atoms with van der Waals surface area (Å²) < 4.78 is 0. The van der Waals surface area contributed by atoms with Gasteiger partial charge in [0.25, 0.3) is 0 Å². The summed E-state index contributed by atoms with van der Waals surface area (Å²) >= 11 is 0. The molecule has 0 fully saturated rings. The molecule has 0 rings (SSSR count). The lowest BCUT2D eigenvalue weighted by atomic mass is 10.0. The molecule has 0 aliphatic carbocycles. The minimum Gasteiger partial charge on any atom is -0.480 e. The second kappa shape index (κ2) is 7.52. The van der Waals surface area contributed by atoms with Crippen molar-refractivity contribution in [2.24, 2.45) is 11.7 Å². The third kappa shape index (κ3) is 6.07. The Kier molecular flexibility index (Phi) is 6.77. The van der Waals surface area contributed by atoms with Crippen molar-refractivity contribution in [3.63, 3.8) is 0 Å². The maximum absolute atomic E-state index is 11.8. The average molecular weight is 259 g/mol. The van der Waals surface area contributed by atoms with E-state index in [1.807, 2.05) is 20.8 Å². The lowest BCUT2D eigenvalue weighted by Gasteiger charge is -2.26. The number of hydrogen-bond acceptors (Lipinski definition) is 3. The van der Waals surface area contributed by atoms with Gasteiger partial charge < -0.3 is 21.1 Å². The lowest BCUT2D eigenvalue weighted by molar-refractivity contribution is -0.137. The van der Waals surface area contributed by atoms with Gasteiger partial charge in [0.2, 0.25) is 5.91 Å². The molecule has 4 N–H and O–H groups in total. The average Bonchev–Trinajstić information content (AvgIpc) is 2.22. The number of hydrogen-bond donors (Lipinski definition) is 3. The van der Waals surface area contributed by atoms with Crippen molar-refractivity contribution in [2.45, 2.75) is 33.2 Å². The first kappa shape index (κ1) is 16.2. The number of primary amides is 1. The first-order valence-electron chi connectivity index (χ1n) is 5.83. The van der Waals surface area contributed by atoms with E-state index in [9.17, 15) is 14.4 Å². The van der Waals surface area contributed by atoms with Crippen molar-refractivity contribution in [2.75, 3.05) is 13.1 Å². The summed E-state index contributed by atoms with van der Waals surface area (Å²) in [6.45, 7) is 4.85. The van der Waals surface area contributed by atoms with Crippen LogP contribution in [0.25, 0.3) is 0 Å². The number of nitrogens with one attached hydrogen (secondary N) is 1. The summed E-state index contributed by atoms with van der Waals surface area (Å²) in [5.74, 6) is -1.72. The second-order valence-electron chi connectivity index (χ2n) is 4.42. The molecule has 1 atom stereocenters. The number of nitrogens with two attached hydrogens (primary N) is 1. The zero-order valence-electron chi connectivity index (χ0n) is 11.0. The Morgan fingerprint density at radius 2 is 1.83 bits per heavy atom. The van der Waals surface area contributed by atoms with Crippen molar-refractivity contribution in [1.82, 2.24) is 10.2 Å². The molecule has 0 aromatic carbocycles. The van der Waals surface area contributed by atoms with E-state index < -0.39 is 31.0 Å². The molecule has 0 heterocycles. The molecule has 0 aromatic heterocycles. The standard InChI is InChI=1S/C11H21N3O4/c1-4-8(7(2)3)13-11(18)14(5-9(12)15)6-10(16)17/h7-8H,4-6H2,1-3H3,(H2,12,15)(H,13,18)(H,16,17). The number of rotatable bonds is 7. The molecule has 104 valence electrons. The Labute approximate surface area is 106 Å². The Morgan fingerprint density at radius 3 is 2.17 bits per heavy atom. The van der Waals surface area contributed by atoms with Gasteiger partial charge in [0.15, 0.2) is 0 Å². The molecule has 3 amide bonds. The first-order chi connectivity index (χ1) is 8.27. The summed E-state index contributed by atoms with van der Waals surface area (Å²) in [7, 11) is 0. The maximum Gasteiger partial charge on any atom is 0.323 e. The summed E-state index contributed by atoms with van der Waals surface area (Å²) in [5.41, 5.74) is 4.98. The normalized spacial score (nSPS) is 12.0. The molecule has 0 aromatic rings. The second-order valence-corrected chi connectivity index (χ2v) is 4.42. The molecule has 0 spiro atoms. The van der Waals surface area contributed by atoms with Gasteiger partial charge >= 0.3 is 12.0 Å². The van der Waals surface area contributed by atoms with Crippen LogP contribution in [0.4, 0.5) is 4.79 Å². The smallest absolute Gasteiger partial charge is 0.323 e. The molecule has 7 nitrogen and oxygen atoms in total. The zero-order chi connectivity index (χ0) is 14.3. The van der Waals surface area contributed by atoms with Gasteiger partial charge in [-0.25, -0.2) is 4.79 Å². The van der Waals surface area contributed by atoms with E-state index in [1.165, 1.54) is 0 Å². The van der Waals surface area contributed by atoms with Gasteiger partial charge in [0, 0.05) is 6.04 Å². The van der Waals surface area contributed by atoms with Crippen LogP contribution >= 0.6 is 0 Å². The van der Waals surface area contributed by atoms with E-state index in [2.05, 4.69) is 5.32 Å². The van der Waals surface area contributed by atoms with Crippen molar-refractivity contribution in [3.05, 3.63) is 0 Å². The molecule has 1 unspecified atom stereocenters. The highest BCUT2D eigenvalue weighted by atomic mass is 16.4. The number of urea groups is 1. The summed E-state index contributed by atoms with van der Waals surface area (Å²) in [4.78, 5) is 34.1. The van der Waals surface area contributed by atoms with Crippen LogP contribution in [-0.4, -0.2) is 47.0 Å². The molecule has 0 bridgehead atoms. The van der Waals surface area contributed by atoms with Crippen molar-refractivity contribution >= 4 is 17.9 Å². The number of carbonyl (C=O) groups excluding carboxylic acids is 2. The fourth-order valence-electron chi connectivity index (χ4n) is 1.54. The molecule has 0 saturated heterocycles. The third-order valence-electron chi connectivity index (χ3n) is 2.51. The van der Waals surface area contributed by atoms with Crippen LogP contribution < -0.4 is 11.1 Å². The Morgan fingerprint density at radius 1 is 1.28 bits per heavy atom. The molecule has 0 aliphatic heterocycles. The fourth-order valence-corrected chi connectivity index (χ4v) is 1.54. The van der Waals surface area contributed by atoms with E-state index >= 15 is 0 Å². The minimum atomic E-state index is -1.19. The highest BCUT2D eigenvalue weighted by Crippen LogP contribution is 2.06. The number of aliphatic carboxylic acids is 1. The minimum absolute atomic E-state index is 0.0679. The number of carboxylic acid groups (broad SMARTS) is 1. The first-order valence-corrected chi connectivity index (χ1v) is 5.83. The Bertz CT molecular complexity index is 301.